The van der Waals surface area contributed by atoms with Crippen molar-refractivity contribution >= 4 is 5.97 Å². The highest BCUT2D eigenvalue weighted by atomic mass is 16.5. The van der Waals surface area contributed by atoms with Crippen molar-refractivity contribution in [2.24, 2.45) is 0 Å². The standard InChI is InChI=1S/C11H15NO3/c1-3-9-10(13)6-5-8(12-9)7-11(14)15-4-2/h5-6,13H,3-4,7H2,1-2H3. The molecule has 0 aliphatic heterocycles. The number of esters is 1. The quantitative estimate of drug-likeness (QED) is 0.762. The van der Waals surface area contributed by atoms with Crippen LogP contribution >= 0.6 is 0 Å². The molecular formula is C11H15NO3. The maximum absolute atomic E-state index is 11.2. The maximum Gasteiger partial charge on any atom is 0.311 e. The molecule has 1 N–H and O–H groups in total. The van der Waals surface area contributed by atoms with Gasteiger partial charge in [0.15, 0.2) is 0 Å². The molecule has 4 nitrogen and oxygen atoms in total. The monoisotopic (exact) mass is 209 g/mol. The SMILES string of the molecule is CCOC(=O)Cc1ccc(O)c(CC)n1. The first kappa shape index (κ1) is 11.5. The van der Waals surface area contributed by atoms with Gasteiger partial charge in [0.2, 0.25) is 0 Å². The lowest BCUT2D eigenvalue weighted by molar-refractivity contribution is -0.142. The fourth-order valence-corrected chi connectivity index (χ4v) is 1.26. The van der Waals surface area contributed by atoms with E-state index >= 15 is 0 Å². The van der Waals surface area contributed by atoms with Gasteiger partial charge < -0.3 is 9.84 Å². The third-order valence-corrected chi connectivity index (χ3v) is 1.97. The smallest absolute Gasteiger partial charge is 0.311 e. The Morgan fingerprint density at radius 3 is 2.80 bits per heavy atom. The largest absolute Gasteiger partial charge is 0.506 e. The van der Waals surface area contributed by atoms with Crippen LogP contribution in [0, 0.1) is 0 Å². The van der Waals surface area contributed by atoms with Gasteiger partial charge in [0.1, 0.15) is 5.75 Å². The van der Waals surface area contributed by atoms with E-state index in [2.05, 4.69) is 4.98 Å². The van der Waals surface area contributed by atoms with Crippen molar-refractivity contribution in [1.29, 1.82) is 0 Å². The summed E-state index contributed by atoms with van der Waals surface area (Å²) in [4.78, 5) is 15.3. The second kappa shape index (κ2) is 5.34. The minimum absolute atomic E-state index is 0.154. The Labute approximate surface area is 88.9 Å². The summed E-state index contributed by atoms with van der Waals surface area (Å²) >= 11 is 0. The van der Waals surface area contributed by atoms with Crippen molar-refractivity contribution in [2.75, 3.05) is 6.61 Å². The predicted molar refractivity (Wildman–Crippen MR) is 55.6 cm³/mol. The topological polar surface area (TPSA) is 59.4 Å². The molecule has 0 saturated heterocycles. The molecule has 0 atom stereocenters. The lowest BCUT2D eigenvalue weighted by Gasteiger charge is -2.04. The molecule has 0 bridgehead atoms. The van der Waals surface area contributed by atoms with E-state index in [9.17, 15) is 9.90 Å². The van der Waals surface area contributed by atoms with E-state index < -0.39 is 0 Å². The third-order valence-electron chi connectivity index (χ3n) is 1.97. The summed E-state index contributed by atoms with van der Waals surface area (Å²) in [6.45, 7) is 4.04. The van der Waals surface area contributed by atoms with Gasteiger partial charge in [0.25, 0.3) is 0 Å². The minimum Gasteiger partial charge on any atom is -0.506 e. The van der Waals surface area contributed by atoms with Crippen LogP contribution in [0.25, 0.3) is 0 Å². The van der Waals surface area contributed by atoms with E-state index in [0.29, 0.717) is 24.4 Å². The van der Waals surface area contributed by atoms with Crippen LogP contribution < -0.4 is 0 Å². The van der Waals surface area contributed by atoms with Gasteiger partial charge in [-0.3, -0.25) is 9.78 Å². The molecule has 1 heterocycles. The van der Waals surface area contributed by atoms with Gasteiger partial charge in [0, 0.05) is 0 Å². The minimum atomic E-state index is -0.294. The highest BCUT2D eigenvalue weighted by Crippen LogP contribution is 2.15. The Bertz CT molecular complexity index is 350. The molecule has 1 rings (SSSR count). The van der Waals surface area contributed by atoms with Crippen molar-refractivity contribution in [1.82, 2.24) is 4.98 Å². The van der Waals surface area contributed by atoms with Crippen LogP contribution in [0.15, 0.2) is 12.1 Å². The van der Waals surface area contributed by atoms with Crippen molar-refractivity contribution in [3.63, 3.8) is 0 Å². The van der Waals surface area contributed by atoms with E-state index in [-0.39, 0.29) is 18.1 Å². The summed E-state index contributed by atoms with van der Waals surface area (Å²) in [6.07, 6.45) is 0.795. The summed E-state index contributed by atoms with van der Waals surface area (Å²) in [7, 11) is 0. The van der Waals surface area contributed by atoms with Crippen LogP contribution in [-0.4, -0.2) is 22.7 Å². The molecule has 0 radical (unpaired) electrons. The van der Waals surface area contributed by atoms with E-state index in [4.69, 9.17) is 4.74 Å². The Balaban J connectivity index is 2.74. The van der Waals surface area contributed by atoms with Crippen molar-refractivity contribution < 1.29 is 14.6 Å². The summed E-state index contributed by atoms with van der Waals surface area (Å²) in [5.74, 6) is -0.122. The fourth-order valence-electron chi connectivity index (χ4n) is 1.26. The Hall–Kier alpha value is -1.58. The van der Waals surface area contributed by atoms with E-state index in [1.807, 2.05) is 6.92 Å². The van der Waals surface area contributed by atoms with Gasteiger partial charge in [-0.25, -0.2) is 0 Å². The molecule has 0 unspecified atom stereocenters. The second-order valence-corrected chi connectivity index (χ2v) is 3.10. The van der Waals surface area contributed by atoms with Gasteiger partial charge >= 0.3 is 5.97 Å². The van der Waals surface area contributed by atoms with Gasteiger partial charge in [-0.15, -0.1) is 0 Å². The first-order chi connectivity index (χ1) is 7.17. The number of pyridine rings is 1. The van der Waals surface area contributed by atoms with Gasteiger partial charge in [-0.2, -0.15) is 0 Å². The Kier molecular flexibility index (Phi) is 4.09. The zero-order chi connectivity index (χ0) is 11.3. The zero-order valence-corrected chi connectivity index (χ0v) is 8.99. The summed E-state index contributed by atoms with van der Waals surface area (Å²) < 4.78 is 4.81. The number of nitrogens with zero attached hydrogens (tertiary/aromatic N) is 1. The number of aromatic nitrogens is 1. The normalized spacial score (nSPS) is 10.0. The molecule has 1 aromatic heterocycles. The van der Waals surface area contributed by atoms with E-state index in [1.165, 1.54) is 0 Å². The zero-order valence-electron chi connectivity index (χ0n) is 8.99. The van der Waals surface area contributed by atoms with Crippen LogP contribution in [0.5, 0.6) is 5.75 Å². The van der Waals surface area contributed by atoms with Crippen LogP contribution in [0.3, 0.4) is 0 Å². The molecule has 82 valence electrons. The molecule has 0 aromatic carbocycles. The molecule has 0 saturated carbocycles. The molecule has 0 aliphatic rings. The van der Waals surface area contributed by atoms with Crippen LogP contribution in [0.4, 0.5) is 0 Å². The number of aryl methyl sites for hydroxylation is 1. The number of ether oxygens (including phenoxy) is 1. The molecule has 0 fully saturated rings. The van der Waals surface area contributed by atoms with Crippen LogP contribution in [0.1, 0.15) is 25.2 Å². The molecule has 0 amide bonds. The summed E-state index contributed by atoms with van der Waals surface area (Å²) in [6, 6.07) is 3.19. The lowest BCUT2D eigenvalue weighted by Crippen LogP contribution is -2.09. The highest BCUT2D eigenvalue weighted by Gasteiger charge is 2.07. The molecular weight excluding hydrogens is 194 g/mol. The van der Waals surface area contributed by atoms with Gasteiger partial charge in [-0.1, -0.05) is 6.92 Å². The number of hydrogen-bond acceptors (Lipinski definition) is 4. The first-order valence-electron chi connectivity index (χ1n) is 5.00. The molecule has 0 aliphatic carbocycles. The number of carbonyl (C=O) groups excluding carboxylic acids is 1. The number of aromatic hydroxyl groups is 1. The lowest BCUT2D eigenvalue weighted by atomic mass is 10.2. The number of carbonyl (C=O) groups is 1. The van der Waals surface area contributed by atoms with Crippen molar-refractivity contribution in [3.8, 4) is 5.75 Å². The Morgan fingerprint density at radius 2 is 2.20 bits per heavy atom. The van der Waals surface area contributed by atoms with E-state index in [1.54, 1.807) is 19.1 Å². The summed E-state index contributed by atoms with van der Waals surface area (Å²) in [5.41, 5.74) is 1.24. The maximum atomic E-state index is 11.2. The molecule has 15 heavy (non-hydrogen) atoms. The van der Waals surface area contributed by atoms with Gasteiger partial charge in [0.05, 0.1) is 24.4 Å². The average Bonchev–Trinajstić information content (AvgIpc) is 2.21. The average molecular weight is 209 g/mol. The third kappa shape index (κ3) is 3.23. The molecule has 0 spiro atoms. The predicted octanol–water partition coefficient (Wildman–Crippen LogP) is 1.46. The second-order valence-electron chi connectivity index (χ2n) is 3.10. The highest BCUT2D eigenvalue weighted by molar-refractivity contribution is 5.72. The van der Waals surface area contributed by atoms with Crippen molar-refractivity contribution in [3.05, 3.63) is 23.5 Å². The molecule has 1 aromatic rings. The van der Waals surface area contributed by atoms with Crippen LogP contribution in [0.2, 0.25) is 0 Å². The van der Waals surface area contributed by atoms with Gasteiger partial charge in [-0.05, 0) is 25.5 Å². The van der Waals surface area contributed by atoms with Crippen molar-refractivity contribution in [2.45, 2.75) is 26.7 Å². The first-order valence-corrected chi connectivity index (χ1v) is 5.00. The molecule has 4 heteroatoms. The van der Waals surface area contributed by atoms with Crippen LogP contribution in [-0.2, 0) is 22.4 Å². The van der Waals surface area contributed by atoms with E-state index in [0.717, 1.165) is 0 Å². The number of rotatable bonds is 4. The fraction of sp³-hybridized carbons (Fsp3) is 0.455. The Morgan fingerprint density at radius 1 is 1.47 bits per heavy atom. The summed E-state index contributed by atoms with van der Waals surface area (Å²) in [5, 5.41) is 9.39. The number of hydrogen-bond donors (Lipinski definition) is 1.